The van der Waals surface area contributed by atoms with Crippen molar-refractivity contribution < 1.29 is 9.90 Å². The van der Waals surface area contributed by atoms with E-state index in [1.54, 1.807) is 0 Å². The third-order valence-electron chi connectivity index (χ3n) is 1.02. The molecule has 1 rings (SSSR count). The Kier molecular flexibility index (Phi) is 2.59. The van der Waals surface area contributed by atoms with Crippen LogP contribution in [0.25, 0.3) is 0 Å². The van der Waals surface area contributed by atoms with Crippen molar-refractivity contribution in [2.24, 2.45) is 0 Å². The van der Waals surface area contributed by atoms with Gasteiger partial charge in [0, 0.05) is 6.04 Å². The predicted octanol–water partition coefficient (Wildman–Crippen LogP) is 1.06. The molecule has 0 aliphatic heterocycles. The van der Waals surface area contributed by atoms with E-state index in [9.17, 15) is 4.79 Å². The van der Waals surface area contributed by atoms with Crippen LogP contribution in [0.4, 0.5) is 5.13 Å². The van der Waals surface area contributed by atoms with E-state index in [4.69, 9.17) is 5.11 Å². The molecule has 0 spiro atoms. The molecule has 0 aromatic carbocycles. The van der Waals surface area contributed by atoms with Crippen LogP contribution in [0.15, 0.2) is 0 Å². The zero-order chi connectivity index (χ0) is 9.14. The van der Waals surface area contributed by atoms with Gasteiger partial charge in [-0.25, -0.2) is 4.79 Å². The summed E-state index contributed by atoms with van der Waals surface area (Å²) >= 11 is 1.04. The number of nitrogens with zero attached hydrogens (tertiary/aromatic N) is 2. The summed E-state index contributed by atoms with van der Waals surface area (Å²) in [6, 6.07) is 0.236. The van der Waals surface area contributed by atoms with Crippen LogP contribution in [0, 0.1) is 0 Å². The first kappa shape index (κ1) is 8.92. The highest BCUT2D eigenvalue weighted by Gasteiger charge is 2.10. The SMILES string of the molecule is CC(C)Nc1nnc(C(=O)O)s1. The van der Waals surface area contributed by atoms with Crippen molar-refractivity contribution in [2.45, 2.75) is 19.9 Å². The number of hydrogen-bond acceptors (Lipinski definition) is 5. The first-order valence-corrected chi connectivity index (χ1v) is 4.24. The molecule has 0 saturated carbocycles. The van der Waals surface area contributed by atoms with Crippen LogP contribution in [-0.4, -0.2) is 27.3 Å². The number of carbonyl (C=O) groups is 1. The maximum atomic E-state index is 10.4. The molecule has 0 fully saturated rings. The average Bonchev–Trinajstić information content (AvgIpc) is 2.34. The van der Waals surface area contributed by atoms with Crippen molar-refractivity contribution in [3.8, 4) is 0 Å². The van der Waals surface area contributed by atoms with Gasteiger partial charge in [0.05, 0.1) is 0 Å². The Bertz CT molecular complexity index is 284. The molecule has 5 nitrogen and oxygen atoms in total. The van der Waals surface area contributed by atoms with Gasteiger partial charge >= 0.3 is 5.97 Å². The zero-order valence-corrected chi connectivity index (χ0v) is 7.55. The average molecular weight is 187 g/mol. The summed E-state index contributed by atoms with van der Waals surface area (Å²) in [6.45, 7) is 3.89. The van der Waals surface area contributed by atoms with Gasteiger partial charge in [0.15, 0.2) is 0 Å². The van der Waals surface area contributed by atoms with E-state index in [2.05, 4.69) is 15.5 Å². The highest BCUT2D eigenvalue weighted by atomic mass is 32.1. The fraction of sp³-hybridized carbons (Fsp3) is 0.500. The van der Waals surface area contributed by atoms with Gasteiger partial charge in [0.1, 0.15) is 0 Å². The molecule has 0 aliphatic rings. The zero-order valence-electron chi connectivity index (χ0n) is 6.74. The quantitative estimate of drug-likeness (QED) is 0.740. The summed E-state index contributed by atoms with van der Waals surface area (Å²) < 4.78 is 0. The molecule has 1 heterocycles. The number of aromatic carboxylic acids is 1. The Morgan fingerprint density at radius 3 is 2.67 bits per heavy atom. The van der Waals surface area contributed by atoms with Crippen molar-refractivity contribution in [3.63, 3.8) is 0 Å². The fourth-order valence-electron chi connectivity index (χ4n) is 0.615. The van der Waals surface area contributed by atoms with Gasteiger partial charge < -0.3 is 10.4 Å². The fourth-order valence-corrected chi connectivity index (χ4v) is 1.34. The van der Waals surface area contributed by atoms with Crippen LogP contribution in [0.3, 0.4) is 0 Å². The van der Waals surface area contributed by atoms with Gasteiger partial charge in [-0.3, -0.25) is 0 Å². The number of carboxylic acid groups (broad SMARTS) is 1. The van der Waals surface area contributed by atoms with Crippen LogP contribution in [-0.2, 0) is 0 Å². The molecule has 0 saturated heterocycles. The molecular weight excluding hydrogens is 178 g/mol. The van der Waals surface area contributed by atoms with Gasteiger partial charge in [0.2, 0.25) is 10.1 Å². The minimum absolute atomic E-state index is 0.0122. The van der Waals surface area contributed by atoms with E-state index in [0.29, 0.717) is 5.13 Å². The highest BCUT2D eigenvalue weighted by Crippen LogP contribution is 2.15. The first-order valence-electron chi connectivity index (χ1n) is 3.43. The van der Waals surface area contributed by atoms with E-state index >= 15 is 0 Å². The Balaban J connectivity index is 2.71. The minimum atomic E-state index is -1.04. The molecule has 1 aromatic heterocycles. The lowest BCUT2D eigenvalue weighted by Crippen LogP contribution is -2.08. The number of hydrogen-bond donors (Lipinski definition) is 2. The number of aromatic nitrogens is 2. The number of carboxylic acids is 1. The lowest BCUT2D eigenvalue weighted by Gasteiger charge is -2.02. The van der Waals surface area contributed by atoms with Crippen LogP contribution in [0.5, 0.6) is 0 Å². The molecule has 0 unspecified atom stereocenters. The van der Waals surface area contributed by atoms with Gasteiger partial charge in [-0.2, -0.15) is 0 Å². The second kappa shape index (κ2) is 3.48. The monoisotopic (exact) mass is 187 g/mol. The van der Waals surface area contributed by atoms with Crippen molar-refractivity contribution in [3.05, 3.63) is 5.01 Å². The molecular formula is C6H9N3O2S. The second-order valence-electron chi connectivity index (χ2n) is 2.52. The molecule has 0 bridgehead atoms. The molecule has 66 valence electrons. The van der Waals surface area contributed by atoms with E-state index < -0.39 is 5.97 Å². The van der Waals surface area contributed by atoms with Crippen molar-refractivity contribution in [2.75, 3.05) is 5.32 Å². The van der Waals surface area contributed by atoms with Crippen LogP contribution in [0.2, 0.25) is 0 Å². The number of nitrogens with one attached hydrogen (secondary N) is 1. The van der Waals surface area contributed by atoms with Gasteiger partial charge in [-0.05, 0) is 13.8 Å². The molecule has 6 heteroatoms. The standard InChI is InChI=1S/C6H9N3O2S/c1-3(2)7-6-9-8-4(12-6)5(10)11/h3H,1-2H3,(H,7,9)(H,10,11). The lowest BCUT2D eigenvalue weighted by molar-refractivity contribution is 0.0695. The molecule has 12 heavy (non-hydrogen) atoms. The molecule has 2 N–H and O–H groups in total. The summed E-state index contributed by atoms with van der Waals surface area (Å²) in [5, 5.41) is 19.2. The van der Waals surface area contributed by atoms with Gasteiger partial charge in [-0.1, -0.05) is 11.3 Å². The molecule has 0 atom stereocenters. The molecule has 0 amide bonds. The van der Waals surface area contributed by atoms with Crippen molar-refractivity contribution in [1.82, 2.24) is 10.2 Å². The van der Waals surface area contributed by atoms with Crippen LogP contribution in [0.1, 0.15) is 23.6 Å². The number of anilines is 1. The van der Waals surface area contributed by atoms with Crippen LogP contribution < -0.4 is 5.32 Å². The Morgan fingerprint density at radius 2 is 2.25 bits per heavy atom. The van der Waals surface area contributed by atoms with Crippen molar-refractivity contribution >= 4 is 22.4 Å². The van der Waals surface area contributed by atoms with Crippen LogP contribution >= 0.6 is 11.3 Å². The third-order valence-corrected chi connectivity index (χ3v) is 1.86. The van der Waals surface area contributed by atoms with E-state index in [1.807, 2.05) is 13.8 Å². The maximum absolute atomic E-state index is 10.4. The lowest BCUT2D eigenvalue weighted by atomic mass is 10.4. The van der Waals surface area contributed by atoms with E-state index in [0.717, 1.165) is 11.3 Å². The van der Waals surface area contributed by atoms with Gasteiger partial charge in [0.25, 0.3) is 0 Å². The number of rotatable bonds is 3. The first-order chi connectivity index (χ1) is 5.59. The largest absolute Gasteiger partial charge is 0.476 e. The Labute approximate surface area is 73.4 Å². The highest BCUT2D eigenvalue weighted by molar-refractivity contribution is 7.16. The Hall–Kier alpha value is -1.17. The minimum Gasteiger partial charge on any atom is -0.476 e. The predicted molar refractivity (Wildman–Crippen MR) is 45.6 cm³/mol. The maximum Gasteiger partial charge on any atom is 0.367 e. The summed E-state index contributed by atoms with van der Waals surface area (Å²) in [6.07, 6.45) is 0. The van der Waals surface area contributed by atoms with E-state index in [-0.39, 0.29) is 11.0 Å². The third kappa shape index (κ3) is 2.16. The van der Waals surface area contributed by atoms with Crippen molar-refractivity contribution in [1.29, 1.82) is 0 Å². The summed E-state index contributed by atoms with van der Waals surface area (Å²) in [4.78, 5) is 10.4. The van der Waals surface area contributed by atoms with E-state index in [1.165, 1.54) is 0 Å². The summed E-state index contributed by atoms with van der Waals surface area (Å²) in [5.74, 6) is -1.04. The Morgan fingerprint density at radius 1 is 1.58 bits per heavy atom. The molecule has 0 aliphatic carbocycles. The normalized spacial score (nSPS) is 10.2. The smallest absolute Gasteiger partial charge is 0.367 e. The summed E-state index contributed by atoms with van der Waals surface area (Å²) in [5.41, 5.74) is 0. The topological polar surface area (TPSA) is 75.1 Å². The summed E-state index contributed by atoms with van der Waals surface area (Å²) in [7, 11) is 0. The molecule has 1 aromatic rings. The molecule has 0 radical (unpaired) electrons. The second-order valence-corrected chi connectivity index (χ2v) is 3.49. The van der Waals surface area contributed by atoms with Gasteiger partial charge in [-0.15, -0.1) is 10.2 Å².